The zero-order chi connectivity index (χ0) is 57.9. The Morgan fingerprint density at radius 1 is 0.456 bits per heavy atom. The molecule has 0 rings (SSSR count). The molecule has 0 bridgehead atoms. The summed E-state index contributed by atoms with van der Waals surface area (Å²) in [4.78, 5) is 40.0. The molecule has 452 valence electrons. The lowest BCUT2D eigenvalue weighted by Gasteiger charge is -2.30. The Bertz CT molecular complexity index is 1770. The number of esters is 1. The van der Waals surface area contributed by atoms with Crippen molar-refractivity contribution >= 4 is 19.7 Å². The van der Waals surface area contributed by atoms with E-state index >= 15 is 0 Å². The Labute approximate surface area is 486 Å². The summed E-state index contributed by atoms with van der Waals surface area (Å²) in [6.45, 7) is 6.63. The van der Waals surface area contributed by atoms with Crippen molar-refractivity contribution in [1.82, 2.24) is 5.32 Å². The number of phosphoric acid groups is 1. The molecule has 0 heterocycles. The number of unbranched alkanes of at least 4 members (excludes halogenated alkanes) is 22. The van der Waals surface area contributed by atoms with Crippen LogP contribution in [0, 0.1) is 0 Å². The quantitative estimate of drug-likeness (QED) is 0.0212. The van der Waals surface area contributed by atoms with Crippen LogP contribution in [0.2, 0.25) is 0 Å². The van der Waals surface area contributed by atoms with Gasteiger partial charge in [0, 0.05) is 12.8 Å². The zero-order valence-electron chi connectivity index (χ0n) is 51.5. The Hall–Kier alpha value is -3.59. The molecule has 1 amide bonds. The summed E-state index contributed by atoms with van der Waals surface area (Å²) in [5.74, 6) is -0.653. The number of ether oxygens (including phenoxy) is 1. The van der Waals surface area contributed by atoms with Crippen LogP contribution in [0.15, 0.2) is 122 Å². The second kappa shape index (κ2) is 57.6. The first-order valence-corrected chi connectivity index (χ1v) is 33.3. The maximum Gasteiger partial charge on any atom is 0.306 e. The highest BCUT2D eigenvalue weighted by Gasteiger charge is 2.27. The number of likely N-dealkylation sites (N-methyl/N-ethyl adjacent to an activating group) is 1. The lowest BCUT2D eigenvalue weighted by Crippen LogP contribution is -2.47. The van der Waals surface area contributed by atoms with E-state index in [1.807, 2.05) is 45.4 Å². The molecule has 9 nitrogen and oxygen atoms in total. The number of phosphoric ester groups is 1. The number of nitrogens with one attached hydrogen (secondary N) is 1. The van der Waals surface area contributed by atoms with Gasteiger partial charge < -0.3 is 28.5 Å². The molecule has 0 fully saturated rings. The molecule has 0 aromatic carbocycles. The molecule has 0 saturated carbocycles. The van der Waals surface area contributed by atoms with Crippen molar-refractivity contribution in [3.8, 4) is 0 Å². The summed E-state index contributed by atoms with van der Waals surface area (Å²) in [5.41, 5.74) is 0. The van der Waals surface area contributed by atoms with Gasteiger partial charge >= 0.3 is 5.97 Å². The van der Waals surface area contributed by atoms with Gasteiger partial charge in [-0.3, -0.25) is 14.2 Å². The van der Waals surface area contributed by atoms with Gasteiger partial charge in [0.15, 0.2) is 0 Å². The highest BCUT2D eigenvalue weighted by Crippen LogP contribution is 2.38. The van der Waals surface area contributed by atoms with Crippen LogP contribution in [0.1, 0.15) is 252 Å². The van der Waals surface area contributed by atoms with E-state index in [9.17, 15) is 19.0 Å². The van der Waals surface area contributed by atoms with Crippen molar-refractivity contribution in [2.75, 3.05) is 40.9 Å². The molecule has 0 aliphatic heterocycles. The standard InChI is InChI=1S/C69H119N2O7P/c1-7-10-13-16-19-22-25-28-30-32-34-35-37-39-41-44-47-50-53-56-59-62-69(73)78-67(60-57-54-51-48-45-42-27-24-21-18-15-12-9-3)66(65-77-79(74,75)76-64-63-71(4,5)6)70-68(72)61-58-55-52-49-46-43-40-38-36-33-31-29-26-23-20-17-14-11-8-2/h11,14,19-20,22-23,28-31,34-36,38,43,46,52,55,57,60,66-67H,7-10,12-13,15-18,21,24-27,32-33,37,39-42,44-45,47-51,53-54,56,58-59,61-65H2,1-6H3,(H-,70,72,74,75)/b14-11-,22-19-,23-20-,30-28-,31-29-,35-34-,38-36-,46-43-,55-52-,60-57+. The third-order valence-corrected chi connectivity index (χ3v) is 14.4. The van der Waals surface area contributed by atoms with E-state index in [2.05, 4.69) is 123 Å². The molecule has 10 heteroatoms. The van der Waals surface area contributed by atoms with Crippen molar-refractivity contribution in [3.63, 3.8) is 0 Å². The monoisotopic (exact) mass is 1120 g/mol. The highest BCUT2D eigenvalue weighted by atomic mass is 31.2. The molecule has 3 atom stereocenters. The molecular formula is C69H119N2O7P. The third-order valence-electron chi connectivity index (χ3n) is 13.4. The summed E-state index contributed by atoms with van der Waals surface area (Å²) < 4.78 is 30.3. The van der Waals surface area contributed by atoms with Crippen molar-refractivity contribution in [1.29, 1.82) is 0 Å². The number of carbonyl (C=O) groups is 2. The Kier molecular flexibility index (Phi) is 55.0. The fourth-order valence-corrected chi connectivity index (χ4v) is 9.22. The van der Waals surface area contributed by atoms with Crippen LogP contribution in [0.25, 0.3) is 0 Å². The number of amides is 1. The number of allylic oxidation sites excluding steroid dienone is 19. The first kappa shape index (κ1) is 75.4. The zero-order valence-corrected chi connectivity index (χ0v) is 52.4. The number of rotatable bonds is 56. The summed E-state index contributed by atoms with van der Waals surface area (Å²) in [6, 6.07) is -0.940. The topological polar surface area (TPSA) is 114 Å². The molecule has 0 spiro atoms. The first-order valence-electron chi connectivity index (χ1n) is 31.8. The Balaban J connectivity index is 5.39. The maximum absolute atomic E-state index is 13.5. The van der Waals surface area contributed by atoms with Crippen LogP contribution in [0.4, 0.5) is 0 Å². The van der Waals surface area contributed by atoms with Gasteiger partial charge in [0.2, 0.25) is 5.91 Å². The van der Waals surface area contributed by atoms with E-state index in [4.69, 9.17) is 13.8 Å². The number of quaternary nitrogens is 1. The fraction of sp³-hybridized carbons (Fsp3) is 0.681. The van der Waals surface area contributed by atoms with Crippen LogP contribution in [-0.4, -0.2) is 69.4 Å². The van der Waals surface area contributed by atoms with Gasteiger partial charge in [-0.1, -0.05) is 252 Å². The molecule has 0 aliphatic rings. The van der Waals surface area contributed by atoms with Crippen LogP contribution < -0.4 is 10.2 Å². The Morgan fingerprint density at radius 3 is 1.27 bits per heavy atom. The molecule has 1 N–H and O–H groups in total. The first-order chi connectivity index (χ1) is 38.4. The van der Waals surface area contributed by atoms with Gasteiger partial charge in [0.1, 0.15) is 19.3 Å². The second-order valence-corrected chi connectivity index (χ2v) is 23.6. The van der Waals surface area contributed by atoms with E-state index in [0.717, 1.165) is 96.3 Å². The highest BCUT2D eigenvalue weighted by molar-refractivity contribution is 7.45. The van der Waals surface area contributed by atoms with Crippen LogP contribution in [0.5, 0.6) is 0 Å². The SMILES string of the molecule is CC/C=C\C/C=C\C/C=C\C/C=C\C/C=C\C/C=C\CCC(=O)NC(COP(=O)([O-])OCC[N+](C)(C)C)C(/C=C/CCCCCCCCCCCCC)OC(=O)CCCCCCCCCC/C=C\C/C=C\C/C=C\CCCCC. The largest absolute Gasteiger partial charge is 0.756 e. The minimum absolute atomic E-state index is 0.0433. The van der Waals surface area contributed by atoms with E-state index < -0.39 is 26.6 Å². The molecular weight excluding hydrogens is 1000 g/mol. The number of hydrogen-bond donors (Lipinski definition) is 1. The van der Waals surface area contributed by atoms with Gasteiger partial charge in [-0.2, -0.15) is 0 Å². The average Bonchev–Trinajstić information content (AvgIpc) is 3.41. The molecule has 3 unspecified atom stereocenters. The molecule has 0 radical (unpaired) electrons. The molecule has 79 heavy (non-hydrogen) atoms. The molecule has 0 aromatic heterocycles. The van der Waals surface area contributed by atoms with Gasteiger partial charge in [-0.15, -0.1) is 0 Å². The van der Waals surface area contributed by atoms with E-state index in [1.54, 1.807) is 0 Å². The number of carbonyl (C=O) groups excluding carboxylic acids is 2. The summed E-state index contributed by atoms with van der Waals surface area (Å²) in [5, 5.41) is 2.98. The summed E-state index contributed by atoms with van der Waals surface area (Å²) in [6.07, 6.45) is 80.4. The van der Waals surface area contributed by atoms with Crippen LogP contribution in [-0.2, 0) is 27.9 Å². The van der Waals surface area contributed by atoms with Crippen molar-refractivity contribution < 1.29 is 37.3 Å². The van der Waals surface area contributed by atoms with E-state index in [0.29, 0.717) is 23.9 Å². The van der Waals surface area contributed by atoms with Crippen molar-refractivity contribution in [2.24, 2.45) is 0 Å². The molecule has 0 aliphatic carbocycles. The normalized spacial score (nSPS) is 14.5. The van der Waals surface area contributed by atoms with Gasteiger partial charge in [0.25, 0.3) is 7.82 Å². The van der Waals surface area contributed by atoms with Gasteiger partial charge in [-0.05, 0) is 109 Å². The van der Waals surface area contributed by atoms with Crippen molar-refractivity contribution in [2.45, 2.75) is 264 Å². The molecule has 0 aromatic rings. The van der Waals surface area contributed by atoms with Gasteiger partial charge in [0.05, 0.1) is 33.8 Å². The minimum atomic E-state index is -4.73. The number of nitrogens with zero attached hydrogens (tertiary/aromatic N) is 1. The van der Waals surface area contributed by atoms with Crippen molar-refractivity contribution in [3.05, 3.63) is 122 Å². The van der Waals surface area contributed by atoms with Gasteiger partial charge in [-0.25, -0.2) is 0 Å². The summed E-state index contributed by atoms with van der Waals surface area (Å²) >= 11 is 0. The summed E-state index contributed by atoms with van der Waals surface area (Å²) in [7, 11) is 1.12. The third kappa shape index (κ3) is 58.9. The van der Waals surface area contributed by atoms with E-state index in [-0.39, 0.29) is 31.3 Å². The Morgan fingerprint density at radius 2 is 0.823 bits per heavy atom. The fourth-order valence-electron chi connectivity index (χ4n) is 8.49. The predicted octanol–water partition coefficient (Wildman–Crippen LogP) is 19.3. The maximum atomic E-state index is 13.5. The van der Waals surface area contributed by atoms with Crippen LogP contribution in [0.3, 0.4) is 0 Å². The van der Waals surface area contributed by atoms with Crippen LogP contribution >= 0.6 is 7.82 Å². The predicted molar refractivity (Wildman–Crippen MR) is 339 cm³/mol. The lowest BCUT2D eigenvalue weighted by atomic mass is 10.0. The second-order valence-electron chi connectivity index (χ2n) is 22.2. The number of hydrogen-bond acceptors (Lipinski definition) is 7. The minimum Gasteiger partial charge on any atom is -0.756 e. The lowest BCUT2D eigenvalue weighted by molar-refractivity contribution is -0.870. The smallest absolute Gasteiger partial charge is 0.306 e. The average molecular weight is 1120 g/mol. The molecule has 0 saturated heterocycles. The van der Waals surface area contributed by atoms with E-state index in [1.165, 1.54) is 109 Å².